The summed E-state index contributed by atoms with van der Waals surface area (Å²) in [4.78, 5) is 22.4. The standard InChI is InChI=1S/C18H27N3OS/c1-12(2)9-21(10-13(3)4)16(22)11-23-18-19-15-8-6-7-14(5)17(15)20-18/h6-8,12-13H,9-11H2,1-5H3,(H,19,20). The number of aryl methyl sites for hydroxylation is 1. The number of benzene rings is 1. The van der Waals surface area contributed by atoms with E-state index in [0.717, 1.165) is 34.8 Å². The van der Waals surface area contributed by atoms with Crippen LogP contribution in [0.5, 0.6) is 0 Å². The lowest BCUT2D eigenvalue weighted by Gasteiger charge is -2.26. The Bertz CT molecular complexity index is 653. The highest BCUT2D eigenvalue weighted by Crippen LogP contribution is 2.22. The summed E-state index contributed by atoms with van der Waals surface area (Å²) in [6.45, 7) is 12.3. The van der Waals surface area contributed by atoms with Crippen LogP contribution in [0.4, 0.5) is 0 Å². The van der Waals surface area contributed by atoms with E-state index in [-0.39, 0.29) is 5.91 Å². The topological polar surface area (TPSA) is 49.0 Å². The summed E-state index contributed by atoms with van der Waals surface area (Å²) in [7, 11) is 0. The van der Waals surface area contributed by atoms with Crippen molar-refractivity contribution < 1.29 is 4.79 Å². The monoisotopic (exact) mass is 333 g/mol. The number of imidazole rings is 1. The number of nitrogens with zero attached hydrogens (tertiary/aromatic N) is 2. The number of H-pyrrole nitrogens is 1. The highest BCUT2D eigenvalue weighted by Gasteiger charge is 2.17. The van der Waals surface area contributed by atoms with Gasteiger partial charge < -0.3 is 9.88 Å². The molecule has 2 rings (SSSR count). The lowest BCUT2D eigenvalue weighted by Crippen LogP contribution is -2.38. The Morgan fingerprint density at radius 1 is 1.22 bits per heavy atom. The molecule has 1 aromatic carbocycles. The fourth-order valence-corrected chi connectivity index (χ4v) is 3.38. The number of para-hydroxylation sites is 1. The maximum Gasteiger partial charge on any atom is 0.233 e. The molecule has 0 aliphatic heterocycles. The Morgan fingerprint density at radius 2 is 1.87 bits per heavy atom. The third kappa shape index (κ3) is 4.99. The molecule has 23 heavy (non-hydrogen) atoms. The van der Waals surface area contributed by atoms with Crippen molar-refractivity contribution in [1.82, 2.24) is 14.9 Å². The minimum atomic E-state index is 0.189. The molecule has 1 heterocycles. The third-order valence-electron chi connectivity index (χ3n) is 3.55. The van der Waals surface area contributed by atoms with Gasteiger partial charge in [-0.25, -0.2) is 4.98 Å². The number of aromatic amines is 1. The van der Waals surface area contributed by atoms with Crippen LogP contribution in [0.25, 0.3) is 11.0 Å². The summed E-state index contributed by atoms with van der Waals surface area (Å²) in [6, 6.07) is 6.09. The Balaban J connectivity index is 2.01. The summed E-state index contributed by atoms with van der Waals surface area (Å²) in [5.74, 6) is 1.58. The molecule has 4 nitrogen and oxygen atoms in total. The van der Waals surface area contributed by atoms with Crippen LogP contribution < -0.4 is 0 Å². The number of amides is 1. The second-order valence-electron chi connectivity index (χ2n) is 6.89. The first kappa shape index (κ1) is 17.9. The van der Waals surface area contributed by atoms with E-state index in [2.05, 4.69) is 50.7 Å². The average molecular weight is 334 g/mol. The third-order valence-corrected chi connectivity index (χ3v) is 4.41. The van der Waals surface area contributed by atoms with Crippen LogP contribution in [0, 0.1) is 18.8 Å². The number of rotatable bonds is 7. The molecule has 0 saturated heterocycles. The van der Waals surface area contributed by atoms with Crippen LogP contribution in [0.1, 0.15) is 33.3 Å². The van der Waals surface area contributed by atoms with Crippen molar-refractivity contribution in [2.75, 3.05) is 18.8 Å². The quantitative estimate of drug-likeness (QED) is 0.776. The van der Waals surface area contributed by atoms with Gasteiger partial charge in [0.2, 0.25) is 5.91 Å². The molecule has 0 saturated carbocycles. The molecule has 0 atom stereocenters. The lowest BCUT2D eigenvalue weighted by molar-refractivity contribution is -0.129. The average Bonchev–Trinajstić information content (AvgIpc) is 2.87. The van der Waals surface area contributed by atoms with Gasteiger partial charge in [0.1, 0.15) is 0 Å². The van der Waals surface area contributed by atoms with Gasteiger partial charge in [0, 0.05) is 13.1 Å². The van der Waals surface area contributed by atoms with Crippen LogP contribution in [-0.2, 0) is 4.79 Å². The molecule has 0 unspecified atom stereocenters. The van der Waals surface area contributed by atoms with E-state index < -0.39 is 0 Å². The molecule has 5 heteroatoms. The second kappa shape index (κ2) is 7.86. The van der Waals surface area contributed by atoms with Crippen LogP contribution in [0.15, 0.2) is 23.4 Å². The number of aromatic nitrogens is 2. The van der Waals surface area contributed by atoms with Crippen molar-refractivity contribution in [3.63, 3.8) is 0 Å². The molecule has 0 bridgehead atoms. The van der Waals surface area contributed by atoms with E-state index in [4.69, 9.17) is 0 Å². The van der Waals surface area contributed by atoms with E-state index in [0.29, 0.717) is 17.6 Å². The van der Waals surface area contributed by atoms with Gasteiger partial charge >= 0.3 is 0 Å². The van der Waals surface area contributed by atoms with Crippen molar-refractivity contribution in [2.24, 2.45) is 11.8 Å². The summed E-state index contributed by atoms with van der Waals surface area (Å²) < 4.78 is 0. The van der Waals surface area contributed by atoms with Crippen LogP contribution in [0.3, 0.4) is 0 Å². The fraction of sp³-hybridized carbons (Fsp3) is 0.556. The second-order valence-corrected chi connectivity index (χ2v) is 7.85. The Hall–Kier alpha value is -1.49. The largest absolute Gasteiger partial charge is 0.341 e. The molecule has 2 aromatic rings. The minimum absolute atomic E-state index is 0.189. The zero-order chi connectivity index (χ0) is 17.0. The zero-order valence-corrected chi connectivity index (χ0v) is 15.5. The molecule has 0 fully saturated rings. The highest BCUT2D eigenvalue weighted by atomic mass is 32.2. The summed E-state index contributed by atoms with van der Waals surface area (Å²) >= 11 is 1.49. The van der Waals surface area contributed by atoms with E-state index in [9.17, 15) is 4.79 Å². The highest BCUT2D eigenvalue weighted by molar-refractivity contribution is 7.99. The summed E-state index contributed by atoms with van der Waals surface area (Å²) in [5, 5.41) is 0.816. The molecular formula is C18H27N3OS. The SMILES string of the molecule is Cc1cccc2[nH]c(SCC(=O)N(CC(C)C)CC(C)C)nc12. The normalized spacial score (nSPS) is 11.6. The zero-order valence-electron chi connectivity index (χ0n) is 14.7. The molecular weight excluding hydrogens is 306 g/mol. The van der Waals surface area contributed by atoms with Gasteiger partial charge in [-0.1, -0.05) is 51.6 Å². The number of nitrogens with one attached hydrogen (secondary N) is 1. The van der Waals surface area contributed by atoms with Crippen molar-refractivity contribution in [2.45, 2.75) is 39.8 Å². The summed E-state index contributed by atoms with van der Waals surface area (Å²) in [5.41, 5.74) is 3.17. The van der Waals surface area contributed by atoms with Crippen molar-refractivity contribution in [3.8, 4) is 0 Å². The van der Waals surface area contributed by atoms with Gasteiger partial charge in [-0.15, -0.1) is 0 Å². The number of fused-ring (bicyclic) bond motifs is 1. The molecule has 0 aliphatic carbocycles. The van der Waals surface area contributed by atoms with Crippen LogP contribution >= 0.6 is 11.8 Å². The lowest BCUT2D eigenvalue weighted by atomic mass is 10.1. The minimum Gasteiger partial charge on any atom is -0.341 e. The van der Waals surface area contributed by atoms with Gasteiger partial charge in [0.15, 0.2) is 5.16 Å². The number of hydrogen-bond acceptors (Lipinski definition) is 3. The first-order valence-corrected chi connectivity index (χ1v) is 9.21. The summed E-state index contributed by atoms with van der Waals surface area (Å²) in [6.07, 6.45) is 0. The maximum absolute atomic E-state index is 12.5. The van der Waals surface area contributed by atoms with E-state index in [1.807, 2.05) is 17.0 Å². The van der Waals surface area contributed by atoms with Gasteiger partial charge in [-0.05, 0) is 30.4 Å². The Morgan fingerprint density at radius 3 is 2.43 bits per heavy atom. The van der Waals surface area contributed by atoms with E-state index >= 15 is 0 Å². The first-order chi connectivity index (χ1) is 10.9. The Kier molecular flexibility index (Phi) is 6.10. The van der Waals surface area contributed by atoms with Gasteiger partial charge in [-0.3, -0.25) is 4.79 Å². The molecule has 0 aliphatic rings. The number of hydrogen-bond donors (Lipinski definition) is 1. The maximum atomic E-state index is 12.5. The van der Waals surface area contributed by atoms with Crippen molar-refractivity contribution >= 4 is 28.7 Å². The number of carbonyl (C=O) groups excluding carboxylic acids is 1. The predicted octanol–water partition coefficient (Wildman–Crippen LogP) is 4.10. The number of carbonyl (C=O) groups is 1. The fourth-order valence-electron chi connectivity index (χ4n) is 2.60. The van der Waals surface area contributed by atoms with Gasteiger partial charge in [0.25, 0.3) is 0 Å². The van der Waals surface area contributed by atoms with Crippen molar-refractivity contribution in [1.29, 1.82) is 0 Å². The molecule has 1 amide bonds. The first-order valence-electron chi connectivity index (χ1n) is 8.22. The van der Waals surface area contributed by atoms with Crippen LogP contribution in [-0.4, -0.2) is 39.6 Å². The molecule has 0 spiro atoms. The van der Waals surface area contributed by atoms with Crippen molar-refractivity contribution in [3.05, 3.63) is 23.8 Å². The molecule has 126 valence electrons. The van der Waals surface area contributed by atoms with E-state index in [1.54, 1.807) is 0 Å². The Labute approximate surface area is 143 Å². The van der Waals surface area contributed by atoms with Gasteiger partial charge in [-0.2, -0.15) is 0 Å². The van der Waals surface area contributed by atoms with Gasteiger partial charge in [0.05, 0.1) is 16.8 Å². The predicted molar refractivity (Wildman–Crippen MR) is 97.8 cm³/mol. The molecule has 1 aromatic heterocycles. The van der Waals surface area contributed by atoms with Crippen LogP contribution in [0.2, 0.25) is 0 Å². The molecule has 1 N–H and O–H groups in total. The smallest absolute Gasteiger partial charge is 0.233 e. The van der Waals surface area contributed by atoms with E-state index in [1.165, 1.54) is 11.8 Å². The number of thioether (sulfide) groups is 1. The molecule has 0 radical (unpaired) electrons.